The average molecular weight is 527 g/mol. The van der Waals surface area contributed by atoms with Crippen molar-refractivity contribution in [2.45, 2.75) is 32.2 Å². The fraction of sp³-hybridized carbons (Fsp3) is 0.147. The van der Waals surface area contributed by atoms with E-state index in [-0.39, 0.29) is 24.3 Å². The number of hydrazone groups is 1. The summed E-state index contributed by atoms with van der Waals surface area (Å²) in [5.41, 5.74) is 6.31. The zero-order valence-electron chi connectivity index (χ0n) is 22.5. The molecule has 0 unspecified atom stereocenters. The zero-order chi connectivity index (χ0) is 27.5. The smallest absolute Gasteiger partial charge is 0.311 e. The van der Waals surface area contributed by atoms with E-state index >= 15 is 0 Å². The van der Waals surface area contributed by atoms with Crippen LogP contribution >= 0.6 is 0 Å². The summed E-state index contributed by atoms with van der Waals surface area (Å²) in [6.45, 7) is 3.74. The Bertz CT molecular complexity index is 1630. The first-order valence-electron chi connectivity index (χ1n) is 13.5. The normalized spacial score (nSPS) is 16.6. The highest BCUT2D eigenvalue weighted by atomic mass is 16.5. The molecule has 0 spiro atoms. The van der Waals surface area contributed by atoms with Crippen LogP contribution in [0.1, 0.15) is 47.8 Å². The maximum absolute atomic E-state index is 12.7. The second-order valence-corrected chi connectivity index (χ2v) is 9.74. The van der Waals surface area contributed by atoms with Crippen LogP contribution in [0.3, 0.4) is 0 Å². The van der Waals surface area contributed by atoms with Gasteiger partial charge in [-0.05, 0) is 42.3 Å². The Hall–Kier alpha value is -4.97. The highest BCUT2D eigenvalue weighted by molar-refractivity contribution is 6.08. The molecule has 0 saturated carbocycles. The van der Waals surface area contributed by atoms with Gasteiger partial charge in [-0.3, -0.25) is 9.80 Å². The number of rotatable bonds is 7. The first-order chi connectivity index (χ1) is 19.7. The number of hydrogen-bond donors (Lipinski definition) is 0. The molecule has 0 bridgehead atoms. The first-order valence-corrected chi connectivity index (χ1v) is 13.5. The molecule has 1 aromatic heterocycles. The van der Waals surface area contributed by atoms with Gasteiger partial charge < -0.3 is 4.74 Å². The van der Waals surface area contributed by atoms with Gasteiger partial charge in [-0.15, -0.1) is 0 Å². The van der Waals surface area contributed by atoms with Crippen LogP contribution in [-0.4, -0.2) is 21.5 Å². The van der Waals surface area contributed by atoms with Crippen LogP contribution in [-0.2, 0) is 4.79 Å². The number of para-hydroxylation sites is 2. The summed E-state index contributed by atoms with van der Waals surface area (Å²) >= 11 is 0. The largest absolute Gasteiger partial charge is 0.422 e. The zero-order valence-corrected chi connectivity index (χ0v) is 22.5. The lowest BCUT2D eigenvalue weighted by atomic mass is 9.83. The minimum Gasteiger partial charge on any atom is -0.422 e. The summed E-state index contributed by atoms with van der Waals surface area (Å²) in [4.78, 5) is 12.7. The molecule has 6 heteroatoms. The molecule has 0 amide bonds. The van der Waals surface area contributed by atoms with E-state index < -0.39 is 0 Å². The van der Waals surface area contributed by atoms with Crippen LogP contribution in [0.2, 0.25) is 0 Å². The molecule has 40 heavy (non-hydrogen) atoms. The molecule has 1 aliphatic heterocycles. The SMILES string of the molecule is CCC(=O)Oc1c([C@H]2[C@@H](c3ccccc3)C(c3ccccc3)=NN2c2ccccc2)nn(-c2ccccc2)c1C. The van der Waals surface area contributed by atoms with Crippen molar-refractivity contribution in [2.75, 3.05) is 5.01 Å². The summed E-state index contributed by atoms with van der Waals surface area (Å²) in [5.74, 6) is -0.00447. The standard InChI is InChI=1S/C34H30N4O2/c1-3-29(39)40-34-24(2)37(27-20-12-6-13-21-27)36-32(34)33-30(25-16-8-4-9-17-25)31(26-18-10-5-11-19-26)35-38(33)28-22-14-7-15-23-28/h4-23,30,33H,3H2,1-2H3/t30-,33+/m0/s1. The van der Waals surface area contributed by atoms with E-state index in [0.717, 1.165) is 33.9 Å². The second-order valence-electron chi connectivity index (χ2n) is 9.74. The minimum atomic E-state index is -0.372. The molecule has 6 nitrogen and oxygen atoms in total. The number of ether oxygens (including phenoxy) is 1. The number of carbonyl (C=O) groups excluding carboxylic acids is 1. The van der Waals surface area contributed by atoms with Crippen molar-refractivity contribution in [3.05, 3.63) is 144 Å². The Balaban J connectivity index is 1.61. The molecule has 0 aliphatic carbocycles. The molecule has 0 N–H and O–H groups in total. The monoisotopic (exact) mass is 526 g/mol. The quantitative estimate of drug-likeness (QED) is 0.210. The number of nitrogens with zero attached hydrogens (tertiary/aromatic N) is 4. The van der Waals surface area contributed by atoms with E-state index in [9.17, 15) is 4.79 Å². The maximum Gasteiger partial charge on any atom is 0.311 e. The van der Waals surface area contributed by atoms with E-state index in [1.165, 1.54) is 0 Å². The molecule has 6 rings (SSSR count). The van der Waals surface area contributed by atoms with Gasteiger partial charge in [0.15, 0.2) is 5.75 Å². The highest BCUT2D eigenvalue weighted by Gasteiger charge is 2.44. The third kappa shape index (κ3) is 4.69. The lowest BCUT2D eigenvalue weighted by molar-refractivity contribution is -0.134. The van der Waals surface area contributed by atoms with Crippen molar-refractivity contribution < 1.29 is 9.53 Å². The highest BCUT2D eigenvalue weighted by Crippen LogP contribution is 2.48. The van der Waals surface area contributed by atoms with Gasteiger partial charge in [-0.1, -0.05) is 104 Å². The molecule has 0 saturated heterocycles. The van der Waals surface area contributed by atoms with Crippen LogP contribution in [0.15, 0.2) is 126 Å². The van der Waals surface area contributed by atoms with Crippen molar-refractivity contribution in [1.82, 2.24) is 9.78 Å². The third-order valence-electron chi connectivity index (χ3n) is 7.21. The molecular formula is C34H30N4O2. The van der Waals surface area contributed by atoms with Crippen LogP contribution < -0.4 is 9.75 Å². The Kier molecular flexibility index (Phi) is 6.98. The molecule has 2 heterocycles. The number of carbonyl (C=O) groups is 1. The molecule has 198 valence electrons. The van der Waals surface area contributed by atoms with Crippen LogP contribution in [0.25, 0.3) is 5.69 Å². The fourth-order valence-corrected chi connectivity index (χ4v) is 5.29. The lowest BCUT2D eigenvalue weighted by Gasteiger charge is -2.28. The molecule has 0 radical (unpaired) electrons. The second kappa shape index (κ2) is 11.0. The Morgan fingerprint density at radius 3 is 1.93 bits per heavy atom. The van der Waals surface area contributed by atoms with Crippen LogP contribution in [0.4, 0.5) is 5.69 Å². The van der Waals surface area contributed by atoms with Gasteiger partial charge in [0, 0.05) is 6.42 Å². The van der Waals surface area contributed by atoms with E-state index in [4.69, 9.17) is 14.9 Å². The summed E-state index contributed by atoms with van der Waals surface area (Å²) < 4.78 is 7.91. The summed E-state index contributed by atoms with van der Waals surface area (Å²) in [5, 5.41) is 12.4. The minimum absolute atomic E-state index is 0.179. The van der Waals surface area contributed by atoms with E-state index in [2.05, 4.69) is 24.3 Å². The number of esters is 1. The predicted molar refractivity (Wildman–Crippen MR) is 158 cm³/mol. The van der Waals surface area contributed by atoms with Crippen molar-refractivity contribution >= 4 is 17.4 Å². The Labute approximate surface area is 234 Å². The number of benzene rings is 4. The maximum atomic E-state index is 12.7. The van der Waals surface area contributed by atoms with Gasteiger partial charge in [0.05, 0.1) is 28.7 Å². The van der Waals surface area contributed by atoms with E-state index in [0.29, 0.717) is 11.4 Å². The predicted octanol–water partition coefficient (Wildman–Crippen LogP) is 7.25. The van der Waals surface area contributed by atoms with Gasteiger partial charge in [0.25, 0.3) is 0 Å². The van der Waals surface area contributed by atoms with E-state index in [1.807, 2.05) is 114 Å². The van der Waals surface area contributed by atoms with Gasteiger partial charge in [-0.25, -0.2) is 4.68 Å². The fourth-order valence-electron chi connectivity index (χ4n) is 5.29. The van der Waals surface area contributed by atoms with E-state index in [1.54, 1.807) is 6.92 Å². The number of hydrogen-bond acceptors (Lipinski definition) is 5. The molecule has 5 aromatic rings. The van der Waals surface area contributed by atoms with Crippen LogP contribution in [0, 0.1) is 6.92 Å². The Morgan fingerprint density at radius 1 is 0.775 bits per heavy atom. The summed E-state index contributed by atoms with van der Waals surface area (Å²) in [6.07, 6.45) is 0.260. The van der Waals surface area contributed by atoms with Crippen molar-refractivity contribution in [1.29, 1.82) is 0 Å². The van der Waals surface area contributed by atoms with Gasteiger partial charge in [0.2, 0.25) is 0 Å². The molecule has 1 aliphatic rings. The molecule has 2 atom stereocenters. The summed E-state index contributed by atoms with van der Waals surface area (Å²) in [7, 11) is 0. The van der Waals surface area contributed by atoms with Crippen molar-refractivity contribution in [2.24, 2.45) is 5.10 Å². The van der Waals surface area contributed by atoms with Crippen molar-refractivity contribution in [3.8, 4) is 11.4 Å². The van der Waals surface area contributed by atoms with Gasteiger partial charge in [-0.2, -0.15) is 10.2 Å². The van der Waals surface area contributed by atoms with Crippen molar-refractivity contribution in [3.63, 3.8) is 0 Å². The summed E-state index contributed by atoms with van der Waals surface area (Å²) in [6, 6.07) is 40.3. The number of aromatic nitrogens is 2. The topological polar surface area (TPSA) is 59.7 Å². The first kappa shape index (κ1) is 25.3. The number of anilines is 1. The van der Waals surface area contributed by atoms with Crippen LogP contribution in [0.5, 0.6) is 5.75 Å². The van der Waals surface area contributed by atoms with Gasteiger partial charge >= 0.3 is 5.97 Å². The lowest BCUT2D eigenvalue weighted by Crippen LogP contribution is -2.26. The third-order valence-corrected chi connectivity index (χ3v) is 7.21. The van der Waals surface area contributed by atoms with Gasteiger partial charge in [0.1, 0.15) is 11.7 Å². The molecular weight excluding hydrogens is 496 g/mol. The molecule has 4 aromatic carbocycles. The average Bonchev–Trinajstić information content (AvgIpc) is 3.57. The Morgan fingerprint density at radius 2 is 1.32 bits per heavy atom. The molecule has 0 fully saturated rings.